The fourth-order valence-electron chi connectivity index (χ4n) is 2.06. The van der Waals surface area contributed by atoms with E-state index in [0.717, 1.165) is 38.9 Å². The van der Waals surface area contributed by atoms with E-state index in [4.69, 9.17) is 5.11 Å². The van der Waals surface area contributed by atoms with Crippen LogP contribution >= 0.6 is 0 Å². The van der Waals surface area contributed by atoms with Gasteiger partial charge in [0.2, 0.25) is 5.91 Å². The molecule has 2 heterocycles. The van der Waals surface area contributed by atoms with Crippen LogP contribution in [-0.2, 0) is 4.79 Å². The smallest absolute Gasteiger partial charge is 0.239 e. The van der Waals surface area contributed by atoms with Crippen molar-refractivity contribution < 1.29 is 9.90 Å². The number of likely N-dealkylation sites (tertiary alicyclic amines) is 1. The van der Waals surface area contributed by atoms with Gasteiger partial charge in [-0.25, -0.2) is 0 Å². The van der Waals surface area contributed by atoms with Gasteiger partial charge in [0.1, 0.15) is 0 Å². The first-order valence-electron chi connectivity index (χ1n) is 5.44. The third-order valence-electron chi connectivity index (χ3n) is 3.31. The zero-order valence-corrected chi connectivity index (χ0v) is 8.41. The highest BCUT2D eigenvalue weighted by Crippen LogP contribution is 2.18. The van der Waals surface area contributed by atoms with Crippen LogP contribution in [0.25, 0.3) is 0 Å². The van der Waals surface area contributed by atoms with E-state index in [1.807, 2.05) is 4.90 Å². The molecule has 1 unspecified atom stereocenters. The maximum Gasteiger partial charge on any atom is 0.239 e. The number of nitrogens with zero attached hydrogens (tertiary/aromatic N) is 1. The Morgan fingerprint density at radius 3 is 2.43 bits per heavy atom. The van der Waals surface area contributed by atoms with Crippen LogP contribution in [0.5, 0.6) is 0 Å². The van der Waals surface area contributed by atoms with Gasteiger partial charge in [-0.15, -0.1) is 0 Å². The minimum atomic E-state index is 0.0840. The van der Waals surface area contributed by atoms with Crippen LogP contribution in [0.4, 0.5) is 0 Å². The van der Waals surface area contributed by atoms with Crippen LogP contribution < -0.4 is 5.32 Å². The standard InChI is InChI=1S/C10H18N2O2/c13-7-8-2-5-12(6-3-8)10(14)9-1-4-11-9/h8-9,11,13H,1-7H2. The van der Waals surface area contributed by atoms with Crippen molar-refractivity contribution in [3.8, 4) is 0 Å². The maximum atomic E-state index is 11.8. The van der Waals surface area contributed by atoms with Crippen LogP contribution in [0.2, 0.25) is 0 Å². The second kappa shape index (κ2) is 4.28. The number of hydrogen-bond acceptors (Lipinski definition) is 3. The van der Waals surface area contributed by atoms with Crippen LogP contribution in [-0.4, -0.2) is 48.2 Å². The molecular weight excluding hydrogens is 180 g/mol. The Morgan fingerprint density at radius 1 is 1.36 bits per heavy atom. The highest BCUT2D eigenvalue weighted by atomic mass is 16.3. The molecule has 0 aliphatic carbocycles. The highest BCUT2D eigenvalue weighted by Gasteiger charge is 2.30. The van der Waals surface area contributed by atoms with Gasteiger partial charge in [-0.2, -0.15) is 0 Å². The molecule has 80 valence electrons. The summed E-state index contributed by atoms with van der Waals surface area (Å²) in [5, 5.41) is 12.1. The molecule has 0 radical (unpaired) electrons. The van der Waals surface area contributed by atoms with Crippen molar-refractivity contribution in [3.63, 3.8) is 0 Å². The van der Waals surface area contributed by atoms with Gasteiger partial charge in [0.05, 0.1) is 6.04 Å². The summed E-state index contributed by atoms with van der Waals surface area (Å²) in [5.74, 6) is 0.668. The molecule has 0 saturated carbocycles. The van der Waals surface area contributed by atoms with E-state index >= 15 is 0 Å². The largest absolute Gasteiger partial charge is 0.396 e. The topological polar surface area (TPSA) is 52.6 Å². The normalized spacial score (nSPS) is 28.6. The lowest BCUT2D eigenvalue weighted by Crippen LogP contribution is -2.55. The molecule has 0 bridgehead atoms. The SMILES string of the molecule is O=C(C1CCN1)N1CCC(CO)CC1. The van der Waals surface area contributed by atoms with Gasteiger partial charge in [-0.05, 0) is 31.7 Å². The summed E-state index contributed by atoms with van der Waals surface area (Å²) in [6.45, 7) is 2.89. The molecular formula is C10H18N2O2. The second-order valence-corrected chi connectivity index (χ2v) is 4.25. The Balaban J connectivity index is 1.79. The molecule has 1 amide bonds. The second-order valence-electron chi connectivity index (χ2n) is 4.25. The molecule has 0 aromatic heterocycles. The zero-order valence-electron chi connectivity index (χ0n) is 8.41. The fraction of sp³-hybridized carbons (Fsp3) is 0.900. The van der Waals surface area contributed by atoms with Gasteiger partial charge in [0.25, 0.3) is 0 Å². The molecule has 0 aromatic carbocycles. The van der Waals surface area contributed by atoms with Gasteiger partial charge in [-0.3, -0.25) is 4.79 Å². The first kappa shape index (κ1) is 9.93. The van der Waals surface area contributed by atoms with Gasteiger partial charge in [0.15, 0.2) is 0 Å². The summed E-state index contributed by atoms with van der Waals surface area (Å²) < 4.78 is 0. The van der Waals surface area contributed by atoms with Crippen molar-refractivity contribution in [1.82, 2.24) is 10.2 Å². The number of carbonyl (C=O) groups is 1. The molecule has 14 heavy (non-hydrogen) atoms. The van der Waals surface area contributed by atoms with Crippen LogP contribution in [0.1, 0.15) is 19.3 Å². The summed E-state index contributed by atoms with van der Waals surface area (Å²) in [4.78, 5) is 13.7. The van der Waals surface area contributed by atoms with Gasteiger partial charge in [0, 0.05) is 19.7 Å². The summed E-state index contributed by atoms with van der Waals surface area (Å²) in [7, 11) is 0. The molecule has 0 aromatic rings. The van der Waals surface area contributed by atoms with E-state index in [2.05, 4.69) is 5.32 Å². The molecule has 2 aliphatic rings. The number of hydrogen-bond donors (Lipinski definition) is 2. The third kappa shape index (κ3) is 1.91. The van der Waals surface area contributed by atoms with E-state index in [1.165, 1.54) is 0 Å². The molecule has 0 spiro atoms. The van der Waals surface area contributed by atoms with Gasteiger partial charge in [-0.1, -0.05) is 0 Å². The van der Waals surface area contributed by atoms with E-state index in [9.17, 15) is 4.79 Å². The quantitative estimate of drug-likeness (QED) is 0.633. The lowest BCUT2D eigenvalue weighted by Gasteiger charge is -2.36. The van der Waals surface area contributed by atoms with Crippen molar-refractivity contribution in [2.75, 3.05) is 26.2 Å². The molecule has 2 fully saturated rings. The number of rotatable bonds is 2. The monoisotopic (exact) mass is 198 g/mol. The van der Waals surface area contributed by atoms with Gasteiger partial charge >= 0.3 is 0 Å². The van der Waals surface area contributed by atoms with Crippen molar-refractivity contribution in [1.29, 1.82) is 0 Å². The molecule has 4 nitrogen and oxygen atoms in total. The highest BCUT2D eigenvalue weighted by molar-refractivity contribution is 5.82. The molecule has 1 atom stereocenters. The summed E-state index contributed by atoms with van der Waals surface area (Å²) >= 11 is 0. The Labute approximate surface area is 84.3 Å². The molecule has 4 heteroatoms. The van der Waals surface area contributed by atoms with Crippen LogP contribution in [0.15, 0.2) is 0 Å². The van der Waals surface area contributed by atoms with Crippen molar-refractivity contribution in [2.45, 2.75) is 25.3 Å². The van der Waals surface area contributed by atoms with E-state index in [1.54, 1.807) is 0 Å². The van der Waals surface area contributed by atoms with Crippen LogP contribution in [0, 0.1) is 5.92 Å². The number of nitrogens with one attached hydrogen (secondary N) is 1. The fourth-order valence-corrected chi connectivity index (χ4v) is 2.06. The minimum absolute atomic E-state index is 0.0840. The first-order chi connectivity index (χ1) is 6.81. The van der Waals surface area contributed by atoms with E-state index in [-0.39, 0.29) is 18.6 Å². The average molecular weight is 198 g/mol. The zero-order chi connectivity index (χ0) is 9.97. The number of piperidine rings is 1. The Bertz CT molecular complexity index is 208. The van der Waals surface area contributed by atoms with Gasteiger partial charge < -0.3 is 15.3 Å². The van der Waals surface area contributed by atoms with Crippen molar-refractivity contribution in [2.24, 2.45) is 5.92 Å². The Hall–Kier alpha value is -0.610. The number of aliphatic hydroxyl groups excluding tert-OH is 1. The van der Waals surface area contributed by atoms with Crippen molar-refractivity contribution >= 4 is 5.91 Å². The Morgan fingerprint density at radius 2 is 2.00 bits per heavy atom. The molecule has 2 saturated heterocycles. The minimum Gasteiger partial charge on any atom is -0.396 e. The van der Waals surface area contributed by atoms with E-state index < -0.39 is 0 Å². The lowest BCUT2D eigenvalue weighted by molar-refractivity contribution is -0.136. The predicted octanol–water partition coefficient (Wildman–Crippen LogP) is -0.421. The maximum absolute atomic E-state index is 11.8. The van der Waals surface area contributed by atoms with Crippen molar-refractivity contribution in [3.05, 3.63) is 0 Å². The van der Waals surface area contributed by atoms with Crippen LogP contribution in [0.3, 0.4) is 0 Å². The first-order valence-corrected chi connectivity index (χ1v) is 5.44. The lowest BCUT2D eigenvalue weighted by atomic mass is 9.96. The van der Waals surface area contributed by atoms with E-state index in [0.29, 0.717) is 5.92 Å². The molecule has 2 N–H and O–H groups in total. The number of carbonyl (C=O) groups excluding carboxylic acids is 1. The summed E-state index contributed by atoms with van der Waals surface area (Å²) in [6, 6.07) is 0.0840. The third-order valence-corrected chi connectivity index (χ3v) is 3.31. The molecule has 2 aliphatic heterocycles. The average Bonchev–Trinajstić information content (AvgIpc) is 2.15. The number of aliphatic hydroxyl groups is 1. The number of amides is 1. The predicted molar refractivity (Wildman–Crippen MR) is 52.8 cm³/mol. The summed E-state index contributed by atoms with van der Waals surface area (Å²) in [5.41, 5.74) is 0. The summed E-state index contributed by atoms with van der Waals surface area (Å²) in [6.07, 6.45) is 2.89. The molecule has 2 rings (SSSR count). The Kier molecular flexibility index (Phi) is 3.03.